The predicted octanol–water partition coefficient (Wildman–Crippen LogP) is 1.48. The molecule has 78 valence electrons. The molecule has 15 heavy (non-hydrogen) atoms. The molecule has 0 fully saturated rings. The molecule has 0 aromatic carbocycles. The molecule has 2 heterocycles. The van der Waals surface area contributed by atoms with E-state index in [0.29, 0.717) is 23.5 Å². The van der Waals surface area contributed by atoms with Gasteiger partial charge in [0.1, 0.15) is 0 Å². The van der Waals surface area contributed by atoms with Crippen LogP contribution in [-0.2, 0) is 6.54 Å². The Bertz CT molecular complexity index is 542. The number of nitrogens with zero attached hydrogens (tertiary/aromatic N) is 2. The van der Waals surface area contributed by atoms with Gasteiger partial charge in [-0.05, 0) is 12.1 Å². The van der Waals surface area contributed by atoms with Gasteiger partial charge in [0.25, 0.3) is 0 Å². The molecular formula is C10H10N2O2S. The zero-order valence-electron chi connectivity index (χ0n) is 7.96. The first kappa shape index (κ1) is 10.0. The highest BCUT2D eigenvalue weighted by molar-refractivity contribution is 7.80. The van der Waals surface area contributed by atoms with Crippen LogP contribution in [0, 0.1) is 0 Å². The summed E-state index contributed by atoms with van der Waals surface area (Å²) in [6.45, 7) is 0.462. The first-order valence-corrected chi connectivity index (χ1v) is 5.16. The summed E-state index contributed by atoms with van der Waals surface area (Å²) in [6.07, 6.45) is 5.37. The van der Waals surface area contributed by atoms with Gasteiger partial charge in [0.15, 0.2) is 11.2 Å². The second-order valence-corrected chi connectivity index (χ2v) is 3.32. The van der Waals surface area contributed by atoms with E-state index in [1.165, 1.54) is 4.57 Å². The minimum atomic E-state index is -0.382. The summed E-state index contributed by atoms with van der Waals surface area (Å²) < 4.78 is 6.50. The fraction of sp³-hybridized carbons (Fsp3) is 0.200. The summed E-state index contributed by atoms with van der Waals surface area (Å²) in [4.78, 5) is 15.5. The number of rotatable bonds is 3. The molecule has 0 unspecified atom stereocenters. The average molecular weight is 222 g/mol. The molecule has 0 aliphatic heterocycles. The molecule has 0 radical (unpaired) electrons. The Morgan fingerprint density at radius 3 is 3.20 bits per heavy atom. The quantitative estimate of drug-likeness (QED) is 0.632. The van der Waals surface area contributed by atoms with Gasteiger partial charge in [0, 0.05) is 18.5 Å². The third-order valence-electron chi connectivity index (χ3n) is 1.98. The molecule has 2 aromatic heterocycles. The topological polar surface area (TPSA) is 48.0 Å². The number of hydrogen-bond acceptors (Lipinski definition) is 4. The lowest BCUT2D eigenvalue weighted by Gasteiger charge is -1.94. The maximum Gasteiger partial charge on any atom is 0.421 e. The Morgan fingerprint density at radius 1 is 1.53 bits per heavy atom. The standard InChI is InChI=1S/C10H10N2O2S/c13-10-12(6-1-2-7-15)9-8(14-10)4-3-5-11-9/h1-5,15H,6-7H2. The van der Waals surface area contributed by atoms with Crippen molar-refractivity contribution >= 4 is 23.9 Å². The van der Waals surface area contributed by atoms with Crippen LogP contribution in [-0.4, -0.2) is 15.3 Å². The van der Waals surface area contributed by atoms with Gasteiger partial charge in [-0.1, -0.05) is 12.2 Å². The van der Waals surface area contributed by atoms with Crippen LogP contribution in [0.25, 0.3) is 11.2 Å². The summed E-state index contributed by atoms with van der Waals surface area (Å²) in [5, 5.41) is 0. The van der Waals surface area contributed by atoms with Gasteiger partial charge in [-0.15, -0.1) is 0 Å². The van der Waals surface area contributed by atoms with Crippen molar-refractivity contribution in [1.82, 2.24) is 9.55 Å². The second-order valence-electron chi connectivity index (χ2n) is 2.96. The van der Waals surface area contributed by atoms with Gasteiger partial charge in [0.2, 0.25) is 0 Å². The van der Waals surface area contributed by atoms with Crippen LogP contribution in [0.2, 0.25) is 0 Å². The second kappa shape index (κ2) is 4.35. The van der Waals surface area contributed by atoms with Crippen LogP contribution >= 0.6 is 12.6 Å². The molecule has 0 aliphatic carbocycles. The number of allylic oxidation sites excluding steroid dienone is 1. The number of hydrogen-bond donors (Lipinski definition) is 1. The van der Waals surface area contributed by atoms with Crippen LogP contribution in [0.1, 0.15) is 0 Å². The van der Waals surface area contributed by atoms with Crippen molar-refractivity contribution in [2.75, 3.05) is 5.75 Å². The SMILES string of the molecule is O=c1oc2cccnc2n1CC=CCS. The summed E-state index contributed by atoms with van der Waals surface area (Å²) in [6, 6.07) is 3.46. The fourth-order valence-corrected chi connectivity index (χ4v) is 1.46. The molecular weight excluding hydrogens is 212 g/mol. The molecule has 0 spiro atoms. The number of pyridine rings is 1. The summed E-state index contributed by atoms with van der Waals surface area (Å²) in [5.41, 5.74) is 1.09. The Hall–Kier alpha value is -1.49. The number of thiol groups is 1. The highest BCUT2D eigenvalue weighted by Crippen LogP contribution is 2.08. The van der Waals surface area contributed by atoms with E-state index in [2.05, 4.69) is 17.6 Å². The lowest BCUT2D eigenvalue weighted by molar-refractivity contribution is 0.519. The first-order chi connectivity index (χ1) is 7.33. The Kier molecular flexibility index (Phi) is 2.91. The van der Waals surface area contributed by atoms with E-state index in [1.807, 2.05) is 12.2 Å². The van der Waals surface area contributed by atoms with Crippen LogP contribution in [0.3, 0.4) is 0 Å². The van der Waals surface area contributed by atoms with Crippen LogP contribution in [0.5, 0.6) is 0 Å². The van der Waals surface area contributed by atoms with Crippen LogP contribution in [0.4, 0.5) is 0 Å². The van der Waals surface area contributed by atoms with Crippen LogP contribution < -0.4 is 5.76 Å². The van der Waals surface area contributed by atoms with Gasteiger partial charge in [-0.3, -0.25) is 4.57 Å². The van der Waals surface area contributed by atoms with E-state index in [9.17, 15) is 4.79 Å². The van der Waals surface area contributed by atoms with E-state index in [-0.39, 0.29) is 5.76 Å². The van der Waals surface area contributed by atoms with E-state index in [0.717, 1.165) is 0 Å². The maximum atomic E-state index is 11.4. The summed E-state index contributed by atoms with van der Waals surface area (Å²) in [7, 11) is 0. The summed E-state index contributed by atoms with van der Waals surface area (Å²) >= 11 is 4.04. The lowest BCUT2D eigenvalue weighted by Crippen LogP contribution is -2.13. The van der Waals surface area contributed by atoms with Gasteiger partial charge in [-0.2, -0.15) is 12.6 Å². The summed E-state index contributed by atoms with van der Waals surface area (Å²) in [5.74, 6) is 0.269. The molecule has 2 rings (SSSR count). The van der Waals surface area contributed by atoms with Crippen molar-refractivity contribution in [2.45, 2.75) is 6.54 Å². The minimum Gasteiger partial charge on any atom is -0.406 e. The van der Waals surface area contributed by atoms with Crippen molar-refractivity contribution < 1.29 is 4.42 Å². The zero-order chi connectivity index (χ0) is 10.7. The number of oxazole rings is 1. The largest absolute Gasteiger partial charge is 0.421 e. The van der Waals surface area contributed by atoms with Gasteiger partial charge >= 0.3 is 5.76 Å². The zero-order valence-corrected chi connectivity index (χ0v) is 8.85. The molecule has 2 aromatic rings. The molecule has 0 saturated carbocycles. The Morgan fingerprint density at radius 2 is 2.40 bits per heavy atom. The lowest BCUT2D eigenvalue weighted by atomic mass is 10.4. The molecule has 0 bridgehead atoms. The molecule has 0 aliphatic rings. The van der Waals surface area contributed by atoms with Gasteiger partial charge < -0.3 is 4.42 Å². The average Bonchev–Trinajstić information content (AvgIpc) is 2.56. The highest BCUT2D eigenvalue weighted by Gasteiger charge is 2.07. The van der Waals surface area contributed by atoms with Crippen molar-refractivity contribution in [1.29, 1.82) is 0 Å². The Balaban J connectivity index is 2.45. The predicted molar refractivity (Wildman–Crippen MR) is 61.3 cm³/mol. The van der Waals surface area contributed by atoms with E-state index < -0.39 is 0 Å². The third kappa shape index (κ3) is 1.97. The fourth-order valence-electron chi connectivity index (χ4n) is 1.32. The van der Waals surface area contributed by atoms with Gasteiger partial charge in [0.05, 0.1) is 0 Å². The van der Waals surface area contributed by atoms with Crippen molar-refractivity contribution in [2.24, 2.45) is 0 Å². The van der Waals surface area contributed by atoms with E-state index in [4.69, 9.17) is 4.42 Å². The third-order valence-corrected chi connectivity index (χ3v) is 2.20. The molecule has 5 heteroatoms. The van der Waals surface area contributed by atoms with Crippen molar-refractivity contribution in [3.63, 3.8) is 0 Å². The van der Waals surface area contributed by atoms with Crippen LogP contribution in [0.15, 0.2) is 39.7 Å². The van der Waals surface area contributed by atoms with Crippen molar-refractivity contribution in [3.8, 4) is 0 Å². The first-order valence-electron chi connectivity index (χ1n) is 4.53. The van der Waals surface area contributed by atoms with E-state index in [1.54, 1.807) is 18.3 Å². The molecule has 0 amide bonds. The minimum absolute atomic E-state index is 0.382. The smallest absolute Gasteiger partial charge is 0.406 e. The van der Waals surface area contributed by atoms with E-state index >= 15 is 0 Å². The van der Waals surface area contributed by atoms with Crippen molar-refractivity contribution in [3.05, 3.63) is 41.0 Å². The Labute approximate surface area is 91.6 Å². The molecule has 0 atom stereocenters. The highest BCUT2D eigenvalue weighted by atomic mass is 32.1. The van der Waals surface area contributed by atoms with Gasteiger partial charge in [-0.25, -0.2) is 9.78 Å². The molecule has 0 saturated heterocycles. The normalized spacial score (nSPS) is 11.5. The number of fused-ring (bicyclic) bond motifs is 1. The number of aromatic nitrogens is 2. The monoisotopic (exact) mass is 222 g/mol. The maximum absolute atomic E-state index is 11.4. The molecule has 0 N–H and O–H groups in total. The molecule has 4 nitrogen and oxygen atoms in total.